The number of thiophene rings is 4. The first kappa shape index (κ1) is 35.4. The van der Waals surface area contributed by atoms with E-state index in [9.17, 15) is 20.1 Å². The fourth-order valence-electron chi connectivity index (χ4n) is 6.97. The highest BCUT2D eigenvalue weighted by molar-refractivity contribution is 7.17. The first-order valence-corrected chi connectivity index (χ1v) is 21.0. The maximum atomic E-state index is 14.4. The van der Waals surface area contributed by atoms with E-state index in [0.717, 1.165) is 75.7 Å². The molecular formula is C44H32N4O2S4. The van der Waals surface area contributed by atoms with Gasteiger partial charge in [0, 0.05) is 53.5 Å². The van der Waals surface area contributed by atoms with Gasteiger partial charge in [0.1, 0.15) is 12.1 Å². The van der Waals surface area contributed by atoms with Gasteiger partial charge >= 0.3 is 0 Å². The van der Waals surface area contributed by atoms with Crippen LogP contribution in [0.25, 0.3) is 55.3 Å². The summed E-state index contributed by atoms with van der Waals surface area (Å²) in [5.74, 6) is -0.308. The molecular weight excluding hydrogens is 745 g/mol. The monoisotopic (exact) mass is 776 g/mol. The van der Waals surface area contributed by atoms with Crippen molar-refractivity contribution in [2.45, 2.75) is 26.7 Å². The summed E-state index contributed by atoms with van der Waals surface area (Å²) >= 11 is 6.29. The van der Waals surface area contributed by atoms with Gasteiger partial charge in [0.25, 0.3) is 11.8 Å². The van der Waals surface area contributed by atoms with Crippen LogP contribution in [0.15, 0.2) is 95.7 Å². The predicted molar refractivity (Wildman–Crippen MR) is 227 cm³/mol. The number of hydrogen-bond donors (Lipinski definition) is 0. The smallest absolute Gasteiger partial charge is 0.259 e. The molecule has 0 spiro atoms. The van der Waals surface area contributed by atoms with Gasteiger partial charge in [0.05, 0.1) is 33.7 Å². The first-order valence-electron chi connectivity index (χ1n) is 17.6. The maximum absolute atomic E-state index is 14.4. The van der Waals surface area contributed by atoms with Crippen LogP contribution >= 0.6 is 45.3 Å². The lowest BCUT2D eigenvalue weighted by Gasteiger charge is -2.17. The molecule has 4 aromatic heterocycles. The van der Waals surface area contributed by atoms with Crippen LogP contribution in [0.3, 0.4) is 0 Å². The maximum Gasteiger partial charge on any atom is 0.259 e. The second-order valence-corrected chi connectivity index (χ2v) is 17.0. The molecule has 0 radical (unpaired) electrons. The van der Waals surface area contributed by atoms with E-state index in [4.69, 9.17) is 0 Å². The molecule has 6 aromatic rings. The Morgan fingerprint density at radius 1 is 0.630 bits per heavy atom. The fraction of sp³-hybridized carbons (Fsp3) is 0.136. The highest BCUT2D eigenvalue weighted by atomic mass is 32.1. The molecule has 6 heterocycles. The highest BCUT2D eigenvalue weighted by Crippen LogP contribution is 2.49. The Labute approximate surface area is 330 Å². The molecule has 264 valence electrons. The number of carbonyl (C=O) groups excluding carboxylic acids is 2. The number of allylic oxidation sites excluding steroid dienone is 2. The number of fused-ring (bicyclic) bond motifs is 2. The lowest BCUT2D eigenvalue weighted by Crippen LogP contribution is -2.29. The Morgan fingerprint density at radius 3 is 1.44 bits per heavy atom. The SMILES string of the molecule is CCCN1C(=O)/C(=C2/C(=O)N(CCC)c3cc(-c4ccc(/C=C(\C#N)c5cccs5)s4)ccc32)c2ccc(-c3ccc(/C=C(\C#N)c4cccs4)s3)cc21. The quantitative estimate of drug-likeness (QED) is 0.102. The minimum absolute atomic E-state index is 0.154. The molecule has 0 unspecified atom stereocenters. The van der Waals surface area contributed by atoms with Crippen molar-refractivity contribution in [1.29, 1.82) is 10.5 Å². The zero-order valence-corrected chi connectivity index (χ0v) is 32.7. The third kappa shape index (κ3) is 6.38. The number of rotatable bonds is 10. The second kappa shape index (κ2) is 15.0. The molecule has 0 aliphatic carbocycles. The van der Waals surface area contributed by atoms with Gasteiger partial charge in [-0.3, -0.25) is 9.59 Å². The summed E-state index contributed by atoms with van der Waals surface area (Å²) in [6.07, 6.45) is 5.38. The molecule has 2 aromatic carbocycles. The van der Waals surface area contributed by atoms with E-state index in [-0.39, 0.29) is 11.8 Å². The van der Waals surface area contributed by atoms with Gasteiger partial charge in [0.2, 0.25) is 0 Å². The van der Waals surface area contributed by atoms with Crippen LogP contribution in [-0.4, -0.2) is 24.9 Å². The number of amides is 2. The number of anilines is 2. The molecule has 0 saturated heterocycles. The van der Waals surface area contributed by atoms with Crippen molar-refractivity contribution in [3.05, 3.63) is 126 Å². The van der Waals surface area contributed by atoms with Gasteiger partial charge in [-0.2, -0.15) is 10.5 Å². The third-order valence-corrected chi connectivity index (χ3v) is 13.4. The molecule has 10 heteroatoms. The lowest BCUT2D eigenvalue weighted by molar-refractivity contribution is -0.114. The summed E-state index contributed by atoms with van der Waals surface area (Å²) in [6, 6.07) is 32.7. The number of nitriles is 2. The molecule has 0 bridgehead atoms. The highest BCUT2D eigenvalue weighted by Gasteiger charge is 2.42. The molecule has 0 saturated carbocycles. The Balaban J connectivity index is 1.17. The molecule has 2 aliphatic heterocycles. The minimum atomic E-state index is -0.154. The molecule has 2 amide bonds. The van der Waals surface area contributed by atoms with E-state index >= 15 is 0 Å². The molecule has 8 rings (SSSR count). The van der Waals surface area contributed by atoms with Crippen LogP contribution in [0.4, 0.5) is 11.4 Å². The Hall–Kier alpha value is -5.62. The van der Waals surface area contributed by atoms with Crippen molar-refractivity contribution in [2.75, 3.05) is 22.9 Å². The van der Waals surface area contributed by atoms with Crippen LogP contribution in [0.2, 0.25) is 0 Å². The summed E-state index contributed by atoms with van der Waals surface area (Å²) in [5, 5.41) is 23.5. The van der Waals surface area contributed by atoms with Crippen molar-refractivity contribution >= 4 is 103 Å². The lowest BCUT2D eigenvalue weighted by atomic mass is 9.95. The van der Waals surface area contributed by atoms with Gasteiger partial charge < -0.3 is 9.80 Å². The van der Waals surface area contributed by atoms with E-state index in [1.165, 1.54) is 0 Å². The van der Waals surface area contributed by atoms with Crippen molar-refractivity contribution in [3.8, 4) is 33.0 Å². The Bertz CT molecular complexity index is 2430. The van der Waals surface area contributed by atoms with Crippen molar-refractivity contribution in [1.82, 2.24) is 0 Å². The van der Waals surface area contributed by atoms with Crippen molar-refractivity contribution < 1.29 is 9.59 Å². The summed E-state index contributed by atoms with van der Waals surface area (Å²) in [7, 11) is 0. The Kier molecular flexibility index (Phi) is 9.85. The van der Waals surface area contributed by atoms with Gasteiger partial charge in [0.15, 0.2) is 0 Å². The van der Waals surface area contributed by atoms with E-state index in [1.807, 2.05) is 93.4 Å². The van der Waals surface area contributed by atoms with Crippen LogP contribution in [0.1, 0.15) is 57.3 Å². The number of benzene rings is 2. The van der Waals surface area contributed by atoms with E-state index in [1.54, 1.807) is 45.3 Å². The van der Waals surface area contributed by atoms with Crippen LogP contribution in [-0.2, 0) is 9.59 Å². The van der Waals surface area contributed by atoms with Gasteiger partial charge in [-0.05, 0) is 95.4 Å². The zero-order chi connectivity index (χ0) is 37.3. The largest absolute Gasteiger partial charge is 0.308 e. The molecule has 0 atom stereocenters. The van der Waals surface area contributed by atoms with E-state index in [2.05, 4.69) is 50.3 Å². The van der Waals surface area contributed by atoms with Crippen molar-refractivity contribution in [3.63, 3.8) is 0 Å². The summed E-state index contributed by atoms with van der Waals surface area (Å²) in [4.78, 5) is 38.3. The van der Waals surface area contributed by atoms with Gasteiger partial charge in [-0.25, -0.2) is 0 Å². The third-order valence-electron chi connectivity index (χ3n) is 9.39. The van der Waals surface area contributed by atoms with Gasteiger partial charge in [-0.15, -0.1) is 45.3 Å². The average Bonchev–Trinajstić information content (AvgIpc) is 4.05. The summed E-state index contributed by atoms with van der Waals surface area (Å²) in [6.45, 7) is 5.17. The summed E-state index contributed by atoms with van der Waals surface area (Å²) < 4.78 is 0. The topological polar surface area (TPSA) is 88.2 Å². The van der Waals surface area contributed by atoms with Crippen LogP contribution in [0.5, 0.6) is 0 Å². The standard InChI is InChI=1S/C44H32N4O2S4/c1-3-17-47-35-23-27(39-15-11-31(53-39)21-29(25-45)37-7-5-19-51-37)9-13-33(35)41(43(47)49)42-34-14-10-28(24-36(34)48(18-4-2)44(42)50)40-16-12-32(54-40)22-30(26-46)38-8-6-20-52-38/h5-16,19-24H,3-4,17-18H2,1-2H3/b29-21+,30-22+,42-41+. The van der Waals surface area contributed by atoms with Crippen LogP contribution < -0.4 is 9.80 Å². The van der Waals surface area contributed by atoms with E-state index in [0.29, 0.717) is 35.4 Å². The number of nitrogens with zero attached hydrogens (tertiary/aromatic N) is 4. The predicted octanol–water partition coefficient (Wildman–Crippen LogP) is 11.8. The number of hydrogen-bond acceptors (Lipinski definition) is 8. The molecule has 0 fully saturated rings. The first-order chi connectivity index (χ1) is 26.4. The fourth-order valence-corrected chi connectivity index (χ4v) is 10.2. The number of carbonyl (C=O) groups is 2. The van der Waals surface area contributed by atoms with Crippen molar-refractivity contribution in [2.24, 2.45) is 0 Å². The van der Waals surface area contributed by atoms with Gasteiger partial charge in [-0.1, -0.05) is 50.2 Å². The average molecular weight is 777 g/mol. The minimum Gasteiger partial charge on any atom is -0.308 e. The normalized spacial score (nSPS) is 15.5. The zero-order valence-electron chi connectivity index (χ0n) is 29.5. The molecule has 54 heavy (non-hydrogen) atoms. The molecule has 6 nitrogen and oxygen atoms in total. The summed E-state index contributed by atoms with van der Waals surface area (Å²) in [5.41, 5.74) is 7.27. The van der Waals surface area contributed by atoms with Crippen LogP contribution in [0, 0.1) is 22.7 Å². The van der Waals surface area contributed by atoms with E-state index < -0.39 is 0 Å². The molecule has 2 aliphatic rings. The Morgan fingerprint density at radius 2 is 1.07 bits per heavy atom. The molecule has 0 N–H and O–H groups in total. The second-order valence-electron chi connectivity index (χ2n) is 12.8.